The lowest BCUT2D eigenvalue weighted by atomic mass is 10.9. The summed E-state index contributed by atoms with van der Waals surface area (Å²) in [5.41, 5.74) is 0. The van der Waals surface area contributed by atoms with Crippen LogP contribution in [0.3, 0.4) is 0 Å². The molecule has 5 nitrogen and oxygen atoms in total. The van der Waals surface area contributed by atoms with E-state index in [0.29, 0.717) is 0 Å². The predicted octanol–water partition coefficient (Wildman–Crippen LogP) is 0.553. The van der Waals surface area contributed by atoms with Gasteiger partial charge in [-0.15, -0.1) is 0 Å². The van der Waals surface area contributed by atoms with Gasteiger partial charge in [-0.2, -0.15) is 0 Å². The zero-order valence-corrected chi connectivity index (χ0v) is 5.96. The van der Waals surface area contributed by atoms with Crippen molar-refractivity contribution in [2.75, 3.05) is 0 Å². The maximum Gasteiger partial charge on any atom is 0.115 e. The predicted molar refractivity (Wildman–Crippen MR) is 40.3 cm³/mol. The molecule has 11 heavy (non-hydrogen) atoms. The van der Waals surface area contributed by atoms with Gasteiger partial charge in [0.15, 0.2) is 0 Å². The van der Waals surface area contributed by atoms with Crippen molar-refractivity contribution >= 4 is 0 Å². The van der Waals surface area contributed by atoms with E-state index in [1.54, 1.807) is 25.0 Å². The first-order chi connectivity index (χ1) is 4.97. The van der Waals surface area contributed by atoms with Gasteiger partial charge in [0, 0.05) is 24.8 Å². The fourth-order valence-corrected chi connectivity index (χ4v) is 0.777. The molecule has 0 amide bonds. The van der Waals surface area contributed by atoms with Crippen molar-refractivity contribution in [1.82, 2.24) is 25.5 Å². The number of rotatable bonds is 1. The van der Waals surface area contributed by atoms with Crippen LogP contribution in [0.4, 0.5) is 0 Å². The second-order valence-electron chi connectivity index (χ2n) is 1.89. The van der Waals surface area contributed by atoms with Gasteiger partial charge >= 0.3 is 0 Å². The molecular formula is C6H9N5. The Morgan fingerprint density at radius 3 is 1.55 bits per heavy atom. The first kappa shape index (κ1) is 7.49. The van der Waals surface area contributed by atoms with E-state index in [4.69, 9.17) is 0 Å². The van der Waals surface area contributed by atoms with E-state index in [0.717, 1.165) is 0 Å². The molecule has 0 saturated heterocycles. The van der Waals surface area contributed by atoms with Gasteiger partial charge in [-0.3, -0.25) is 0 Å². The van der Waals surface area contributed by atoms with Crippen LogP contribution in [0.1, 0.15) is 0 Å². The van der Waals surface area contributed by atoms with E-state index >= 15 is 0 Å². The molecule has 0 radical (unpaired) electrons. The highest BCUT2D eigenvalue weighted by Gasteiger charge is 1.87. The summed E-state index contributed by atoms with van der Waals surface area (Å²) in [6.07, 6.45) is 10.6. The maximum atomic E-state index is 3.89. The highest BCUT2D eigenvalue weighted by atomic mass is 15.5. The van der Waals surface area contributed by atoms with Crippen molar-refractivity contribution in [2.24, 2.45) is 0 Å². The van der Waals surface area contributed by atoms with Gasteiger partial charge in [-0.05, 0) is 0 Å². The van der Waals surface area contributed by atoms with E-state index < -0.39 is 0 Å². The van der Waals surface area contributed by atoms with Gasteiger partial charge < -0.3 is 6.15 Å². The van der Waals surface area contributed by atoms with Crippen molar-refractivity contribution in [1.29, 1.82) is 0 Å². The van der Waals surface area contributed by atoms with E-state index in [1.807, 2.05) is 21.7 Å². The summed E-state index contributed by atoms with van der Waals surface area (Å²) in [6, 6.07) is 0. The fourth-order valence-electron chi connectivity index (χ4n) is 0.777. The first-order valence-corrected chi connectivity index (χ1v) is 2.93. The lowest BCUT2D eigenvalue weighted by Gasteiger charge is -1.98. The Hall–Kier alpha value is -1.62. The van der Waals surface area contributed by atoms with Crippen LogP contribution in [0.25, 0.3) is 0 Å². The molecule has 0 aromatic carbocycles. The summed E-state index contributed by atoms with van der Waals surface area (Å²) in [7, 11) is 0. The zero-order chi connectivity index (χ0) is 6.81. The molecule has 0 unspecified atom stereocenters. The molecular weight excluding hydrogens is 142 g/mol. The van der Waals surface area contributed by atoms with Crippen LogP contribution in [-0.2, 0) is 0 Å². The third kappa shape index (κ3) is 1.27. The lowest BCUT2D eigenvalue weighted by molar-refractivity contribution is 0.657. The largest absolute Gasteiger partial charge is 0.344 e. The molecule has 58 valence electrons. The minimum Gasteiger partial charge on any atom is -0.344 e. The van der Waals surface area contributed by atoms with Gasteiger partial charge in [0.2, 0.25) is 0 Å². The third-order valence-corrected chi connectivity index (χ3v) is 1.25. The molecule has 2 heterocycles. The van der Waals surface area contributed by atoms with Gasteiger partial charge in [-0.25, -0.2) is 19.3 Å². The Morgan fingerprint density at radius 1 is 0.818 bits per heavy atom. The number of hydrogen-bond donors (Lipinski definition) is 1. The average molecular weight is 151 g/mol. The van der Waals surface area contributed by atoms with E-state index in [2.05, 4.69) is 9.97 Å². The molecule has 2 aromatic rings. The Bertz CT molecular complexity index is 250. The Kier molecular flexibility index (Phi) is 2.03. The summed E-state index contributed by atoms with van der Waals surface area (Å²) in [5.74, 6) is 0. The number of aromatic nitrogens is 4. The summed E-state index contributed by atoms with van der Waals surface area (Å²) in [5, 5.41) is 0. The summed E-state index contributed by atoms with van der Waals surface area (Å²) in [4.78, 5) is 7.78. The van der Waals surface area contributed by atoms with Crippen LogP contribution in [-0.4, -0.2) is 19.3 Å². The van der Waals surface area contributed by atoms with Gasteiger partial charge in [-0.1, -0.05) is 0 Å². The maximum absolute atomic E-state index is 3.89. The monoisotopic (exact) mass is 151 g/mol. The standard InChI is InChI=1S/C6H6N4.H3N/c1-3-9(5-7-1)10-4-2-8-6-10;/h1-6H;1H3. The molecule has 0 aliphatic rings. The van der Waals surface area contributed by atoms with Crippen molar-refractivity contribution in [2.45, 2.75) is 0 Å². The van der Waals surface area contributed by atoms with Gasteiger partial charge in [0.1, 0.15) is 12.7 Å². The van der Waals surface area contributed by atoms with Gasteiger partial charge in [0.05, 0.1) is 0 Å². The molecule has 0 fully saturated rings. The summed E-state index contributed by atoms with van der Waals surface area (Å²) >= 11 is 0. The van der Waals surface area contributed by atoms with Crippen molar-refractivity contribution in [3.05, 3.63) is 37.4 Å². The van der Waals surface area contributed by atoms with E-state index in [1.165, 1.54) is 0 Å². The van der Waals surface area contributed by atoms with Crippen molar-refractivity contribution in [3.63, 3.8) is 0 Å². The Balaban J connectivity index is 0.000000605. The summed E-state index contributed by atoms with van der Waals surface area (Å²) in [6.45, 7) is 0. The van der Waals surface area contributed by atoms with Crippen LogP contribution in [0.15, 0.2) is 37.4 Å². The van der Waals surface area contributed by atoms with Crippen LogP contribution < -0.4 is 6.15 Å². The van der Waals surface area contributed by atoms with Crippen LogP contribution in [0.5, 0.6) is 0 Å². The fraction of sp³-hybridized carbons (Fsp3) is 0. The second kappa shape index (κ2) is 2.98. The molecule has 0 bridgehead atoms. The molecule has 0 aliphatic carbocycles. The van der Waals surface area contributed by atoms with Crippen molar-refractivity contribution in [3.8, 4) is 0 Å². The van der Waals surface area contributed by atoms with Gasteiger partial charge in [0.25, 0.3) is 0 Å². The Morgan fingerprint density at radius 2 is 1.27 bits per heavy atom. The highest BCUT2D eigenvalue weighted by Crippen LogP contribution is 1.88. The molecule has 2 aromatic heterocycles. The minimum absolute atomic E-state index is 0. The molecule has 0 atom stereocenters. The molecule has 5 heteroatoms. The molecule has 3 N–H and O–H groups in total. The van der Waals surface area contributed by atoms with E-state index in [9.17, 15) is 0 Å². The third-order valence-electron chi connectivity index (χ3n) is 1.25. The Labute approximate surface area is 63.9 Å². The van der Waals surface area contributed by atoms with Crippen LogP contribution >= 0.6 is 0 Å². The summed E-state index contributed by atoms with van der Waals surface area (Å²) < 4.78 is 3.65. The van der Waals surface area contributed by atoms with Crippen molar-refractivity contribution < 1.29 is 0 Å². The average Bonchev–Trinajstić information content (AvgIpc) is 2.59. The molecule has 2 rings (SSSR count). The second-order valence-corrected chi connectivity index (χ2v) is 1.89. The van der Waals surface area contributed by atoms with Crippen LogP contribution in [0.2, 0.25) is 0 Å². The molecule has 0 aliphatic heterocycles. The van der Waals surface area contributed by atoms with E-state index in [-0.39, 0.29) is 6.15 Å². The topological polar surface area (TPSA) is 70.6 Å². The normalized spacial score (nSPS) is 9.09. The molecule has 0 saturated carbocycles. The quantitative estimate of drug-likeness (QED) is 0.647. The highest BCUT2D eigenvalue weighted by molar-refractivity contribution is 4.81. The minimum atomic E-state index is 0. The smallest absolute Gasteiger partial charge is 0.115 e. The lowest BCUT2D eigenvalue weighted by Crippen LogP contribution is -2.02. The number of nitrogens with zero attached hydrogens (tertiary/aromatic N) is 4. The number of hydrogen-bond acceptors (Lipinski definition) is 3. The first-order valence-electron chi connectivity index (χ1n) is 2.93. The SMILES string of the molecule is N.c1cn(-n2ccnc2)cn1. The molecule has 0 spiro atoms. The zero-order valence-electron chi connectivity index (χ0n) is 5.96. The number of imidazole rings is 2. The van der Waals surface area contributed by atoms with Crippen LogP contribution in [0, 0.1) is 0 Å².